The largest absolute Gasteiger partial charge is 0.480 e. The number of rotatable bonds is 22. The van der Waals surface area contributed by atoms with Crippen molar-refractivity contribution < 1.29 is 57.1 Å². The summed E-state index contributed by atoms with van der Waals surface area (Å²) in [6.45, 7) is -1.65. The van der Waals surface area contributed by atoms with Crippen molar-refractivity contribution in [1.82, 2.24) is 5.32 Å². The predicted molar refractivity (Wildman–Crippen MR) is 168 cm³/mol. The van der Waals surface area contributed by atoms with Crippen LogP contribution in [0.4, 0.5) is 0 Å². The number of ketones is 1. The maximum Gasteiger partial charge on any atom is 0.472 e. The molecular weight excluding hydrogens is 635 g/mol. The van der Waals surface area contributed by atoms with Gasteiger partial charge in [-0.2, -0.15) is 0 Å². The summed E-state index contributed by atoms with van der Waals surface area (Å²) in [5.74, 6) is -0.846. The van der Waals surface area contributed by atoms with E-state index in [4.69, 9.17) is 31.3 Å². The lowest BCUT2D eigenvalue weighted by Crippen LogP contribution is -2.34. The number of benzene rings is 2. The van der Waals surface area contributed by atoms with Gasteiger partial charge in [-0.3, -0.25) is 33.0 Å². The van der Waals surface area contributed by atoms with Gasteiger partial charge < -0.3 is 30.5 Å². The maximum atomic E-state index is 12.5. The van der Waals surface area contributed by atoms with E-state index in [1.165, 1.54) is 0 Å². The molecule has 0 saturated carbocycles. The van der Waals surface area contributed by atoms with E-state index in [1.54, 1.807) is 48.5 Å². The molecule has 2 aromatic carbocycles. The van der Waals surface area contributed by atoms with Crippen LogP contribution in [0.5, 0.6) is 0 Å². The van der Waals surface area contributed by atoms with Crippen molar-refractivity contribution in [3.8, 4) is 12.3 Å². The Bertz CT molecular complexity index is 1430. The number of nitrogens with two attached hydrogens (primary N) is 1. The zero-order chi connectivity index (χ0) is 34.7. The number of phosphoric ester groups is 1. The monoisotopic (exact) mass is 674 g/mol. The Labute approximate surface area is 272 Å². The molecule has 0 saturated heterocycles. The lowest BCUT2D eigenvalue weighted by molar-refractivity contribution is -0.161. The summed E-state index contributed by atoms with van der Waals surface area (Å²) in [5, 5.41) is 11.6. The van der Waals surface area contributed by atoms with Gasteiger partial charge in [0.05, 0.1) is 13.2 Å². The topological polar surface area (TPSA) is 218 Å². The molecule has 14 nitrogen and oxygen atoms in total. The van der Waals surface area contributed by atoms with E-state index in [-0.39, 0.29) is 24.5 Å². The van der Waals surface area contributed by atoms with Crippen LogP contribution in [0, 0.1) is 12.3 Å². The Morgan fingerprint density at radius 3 is 2.11 bits per heavy atom. The van der Waals surface area contributed by atoms with Crippen LogP contribution in [-0.4, -0.2) is 78.1 Å². The standard InChI is InChI=1S/C32H39N2O12P/c1-2-3-6-14-29(36)46-26(21-44-47(41,42)45-22-27(33)32(39)40)20-43-28(35)13-9-5-10-19-34-31(38)25-17-15-24(16-18-25)30(37)23-11-7-4-8-12-23/h1,4,7-8,11-12,15-18,26-27H,3,5-6,9-10,13-14,19-22,33H2,(H,34,38)(H,39,40)(H,41,42)/t26-,27-/m0/s1. The number of carboxylic acid groups (broad SMARTS) is 1. The average Bonchev–Trinajstić information content (AvgIpc) is 3.06. The van der Waals surface area contributed by atoms with E-state index in [9.17, 15) is 33.4 Å². The smallest absolute Gasteiger partial charge is 0.472 e. The first-order valence-corrected chi connectivity index (χ1v) is 16.3. The van der Waals surface area contributed by atoms with Crippen LogP contribution in [0.25, 0.3) is 0 Å². The fraction of sp³-hybridized carbons (Fsp3) is 0.406. The molecule has 0 aromatic heterocycles. The first-order chi connectivity index (χ1) is 22.4. The van der Waals surface area contributed by atoms with Crippen molar-refractivity contribution in [2.24, 2.45) is 5.73 Å². The molecule has 0 fully saturated rings. The third-order valence-electron chi connectivity index (χ3n) is 6.38. The van der Waals surface area contributed by atoms with E-state index < -0.39 is 57.7 Å². The highest BCUT2D eigenvalue weighted by Gasteiger charge is 2.28. The molecule has 2 rings (SSSR count). The number of esters is 2. The Morgan fingerprint density at radius 2 is 1.45 bits per heavy atom. The first kappa shape index (κ1) is 38.8. The summed E-state index contributed by atoms with van der Waals surface area (Å²) in [5.41, 5.74) is 6.66. The minimum Gasteiger partial charge on any atom is -0.480 e. The zero-order valence-electron chi connectivity index (χ0n) is 25.7. The van der Waals surface area contributed by atoms with Gasteiger partial charge in [0.2, 0.25) is 0 Å². The number of ether oxygens (including phenoxy) is 2. The highest BCUT2D eigenvalue weighted by atomic mass is 31.2. The average molecular weight is 675 g/mol. The van der Waals surface area contributed by atoms with E-state index in [0.29, 0.717) is 55.3 Å². The normalized spacial score (nSPS) is 13.3. The molecule has 0 radical (unpaired) electrons. The summed E-state index contributed by atoms with van der Waals surface area (Å²) in [4.78, 5) is 69.9. The van der Waals surface area contributed by atoms with Crippen LogP contribution < -0.4 is 11.1 Å². The molecule has 0 aliphatic carbocycles. The second kappa shape index (κ2) is 20.7. The number of amides is 1. The van der Waals surface area contributed by atoms with Crippen molar-refractivity contribution in [2.45, 2.75) is 57.1 Å². The van der Waals surface area contributed by atoms with Crippen LogP contribution >= 0.6 is 7.82 Å². The maximum absolute atomic E-state index is 12.5. The number of hydrogen-bond acceptors (Lipinski definition) is 11. The highest BCUT2D eigenvalue weighted by molar-refractivity contribution is 7.47. The molecule has 0 heterocycles. The fourth-order valence-corrected chi connectivity index (χ4v) is 4.60. The van der Waals surface area contributed by atoms with E-state index in [0.717, 1.165) is 0 Å². The number of phosphoric acid groups is 1. The second-order valence-electron chi connectivity index (χ2n) is 10.2. The van der Waals surface area contributed by atoms with E-state index >= 15 is 0 Å². The minimum absolute atomic E-state index is 0.0171. The number of aliphatic carboxylic acids is 1. The summed E-state index contributed by atoms with van der Waals surface area (Å²) < 4.78 is 31.7. The van der Waals surface area contributed by atoms with Crippen LogP contribution in [0.1, 0.15) is 71.2 Å². The highest BCUT2D eigenvalue weighted by Crippen LogP contribution is 2.43. The molecule has 1 unspecified atom stereocenters. The van der Waals surface area contributed by atoms with E-state index in [1.807, 2.05) is 6.07 Å². The van der Waals surface area contributed by atoms with Gasteiger partial charge in [0.1, 0.15) is 12.6 Å². The number of carbonyl (C=O) groups excluding carboxylic acids is 4. The predicted octanol–water partition coefficient (Wildman–Crippen LogP) is 3.01. The Balaban J connectivity index is 1.72. The van der Waals surface area contributed by atoms with Gasteiger partial charge in [0.15, 0.2) is 11.9 Å². The third kappa shape index (κ3) is 15.6. The van der Waals surface area contributed by atoms with Gasteiger partial charge in [-0.1, -0.05) is 48.9 Å². The van der Waals surface area contributed by atoms with Crippen molar-refractivity contribution in [2.75, 3.05) is 26.4 Å². The van der Waals surface area contributed by atoms with Gasteiger partial charge in [-0.15, -0.1) is 12.3 Å². The van der Waals surface area contributed by atoms with Crippen molar-refractivity contribution in [3.05, 3.63) is 71.3 Å². The quantitative estimate of drug-likeness (QED) is 0.0465. The Morgan fingerprint density at radius 1 is 0.830 bits per heavy atom. The summed E-state index contributed by atoms with van der Waals surface area (Å²) in [7, 11) is -4.78. The van der Waals surface area contributed by atoms with Gasteiger partial charge >= 0.3 is 25.7 Å². The lowest BCUT2D eigenvalue weighted by Gasteiger charge is -2.20. The second-order valence-corrected chi connectivity index (χ2v) is 11.6. The molecule has 47 heavy (non-hydrogen) atoms. The molecule has 15 heteroatoms. The third-order valence-corrected chi connectivity index (χ3v) is 7.33. The molecule has 254 valence electrons. The molecule has 0 aliphatic rings. The molecule has 3 atom stereocenters. The molecule has 5 N–H and O–H groups in total. The Kier molecular flexibility index (Phi) is 17.1. The zero-order valence-corrected chi connectivity index (χ0v) is 26.6. The summed E-state index contributed by atoms with van der Waals surface area (Å²) in [6.07, 6.45) is 6.11. The lowest BCUT2D eigenvalue weighted by atomic mass is 10.0. The number of nitrogens with one attached hydrogen (secondary N) is 1. The molecule has 2 aromatic rings. The number of carbonyl (C=O) groups is 5. The molecule has 0 spiro atoms. The van der Waals surface area contributed by atoms with Crippen LogP contribution in [0.3, 0.4) is 0 Å². The van der Waals surface area contributed by atoms with Crippen LogP contribution in [0.2, 0.25) is 0 Å². The van der Waals surface area contributed by atoms with Crippen LogP contribution in [0.15, 0.2) is 54.6 Å². The Hall–Kier alpha value is -4.38. The van der Waals surface area contributed by atoms with Crippen molar-refractivity contribution in [3.63, 3.8) is 0 Å². The molecule has 0 aliphatic heterocycles. The van der Waals surface area contributed by atoms with Gasteiger partial charge in [0.25, 0.3) is 5.91 Å². The SMILES string of the molecule is C#CCCCC(=O)O[C@@H](COC(=O)CCCCCNC(=O)c1ccc(C(=O)c2ccccc2)cc1)COP(=O)(O)OC[C@H](N)C(=O)O. The summed E-state index contributed by atoms with van der Waals surface area (Å²) in [6, 6.07) is 13.6. The van der Waals surface area contributed by atoms with Gasteiger partial charge in [-0.25, -0.2) is 4.57 Å². The number of terminal acetylenes is 1. The van der Waals surface area contributed by atoms with Crippen molar-refractivity contribution in [1.29, 1.82) is 0 Å². The summed E-state index contributed by atoms with van der Waals surface area (Å²) >= 11 is 0. The number of unbranched alkanes of at least 4 members (excludes halogenated alkanes) is 3. The van der Waals surface area contributed by atoms with Crippen LogP contribution in [-0.2, 0) is 37.5 Å². The number of carboxylic acids is 1. The van der Waals surface area contributed by atoms with E-state index in [2.05, 4.69) is 15.8 Å². The molecule has 0 bridgehead atoms. The fourth-order valence-electron chi connectivity index (χ4n) is 3.82. The molecular formula is C32H39N2O12P. The molecule has 1 amide bonds. The van der Waals surface area contributed by atoms with Gasteiger partial charge in [-0.05, 0) is 31.4 Å². The number of hydrogen-bond donors (Lipinski definition) is 4. The first-order valence-electron chi connectivity index (χ1n) is 14.8. The minimum atomic E-state index is -4.78. The van der Waals surface area contributed by atoms with Crippen molar-refractivity contribution >= 4 is 37.4 Å². The van der Waals surface area contributed by atoms with Gasteiger partial charge in [0, 0.05) is 42.5 Å².